The van der Waals surface area contributed by atoms with Crippen molar-refractivity contribution >= 4 is 27.5 Å². The molecular weight excluding hydrogens is 284 g/mol. The predicted molar refractivity (Wildman–Crippen MR) is 86.8 cm³/mol. The summed E-state index contributed by atoms with van der Waals surface area (Å²) in [6.07, 6.45) is 3.45. The molecule has 0 bridgehead atoms. The minimum atomic E-state index is -0.0276. The molecule has 0 fully saturated rings. The Morgan fingerprint density at radius 2 is 2.14 bits per heavy atom. The van der Waals surface area contributed by atoms with Gasteiger partial charge in [-0.2, -0.15) is 4.99 Å². The molecule has 5 heteroatoms. The highest BCUT2D eigenvalue weighted by atomic mass is 32.1. The molecule has 0 aliphatic carbocycles. The molecule has 0 saturated carbocycles. The fraction of sp³-hybridized carbons (Fsp3) is 0.500. The van der Waals surface area contributed by atoms with Gasteiger partial charge in [-0.05, 0) is 31.0 Å². The van der Waals surface area contributed by atoms with Crippen molar-refractivity contribution in [2.24, 2.45) is 4.99 Å². The van der Waals surface area contributed by atoms with Gasteiger partial charge in [-0.3, -0.25) is 4.79 Å². The van der Waals surface area contributed by atoms with Crippen LogP contribution in [0.15, 0.2) is 23.2 Å². The molecule has 2 aromatic rings. The summed E-state index contributed by atoms with van der Waals surface area (Å²) in [5, 5.41) is 0. The average molecular weight is 306 g/mol. The second-order valence-electron chi connectivity index (χ2n) is 4.98. The molecule has 1 heterocycles. The Bertz CT molecular complexity index is 685. The molecule has 0 aliphatic heterocycles. The number of ether oxygens (including phenoxy) is 1. The number of benzene rings is 1. The van der Waals surface area contributed by atoms with E-state index in [4.69, 9.17) is 4.74 Å². The van der Waals surface area contributed by atoms with E-state index in [9.17, 15) is 4.79 Å². The van der Waals surface area contributed by atoms with Gasteiger partial charge in [0.25, 0.3) is 0 Å². The van der Waals surface area contributed by atoms with Gasteiger partial charge in [0.2, 0.25) is 5.91 Å². The Labute approximate surface area is 129 Å². The van der Waals surface area contributed by atoms with Crippen LogP contribution in [0.5, 0.6) is 5.75 Å². The summed E-state index contributed by atoms with van der Waals surface area (Å²) in [5.74, 6) is 0.802. The maximum absolute atomic E-state index is 11.9. The first-order valence-corrected chi connectivity index (χ1v) is 8.26. The van der Waals surface area contributed by atoms with E-state index in [0.717, 1.165) is 46.6 Å². The number of nitrogens with zero attached hydrogens (tertiary/aromatic N) is 2. The van der Waals surface area contributed by atoms with E-state index in [2.05, 4.69) is 23.4 Å². The van der Waals surface area contributed by atoms with Gasteiger partial charge in [0.15, 0.2) is 4.80 Å². The molecule has 0 N–H and O–H groups in total. The number of aromatic nitrogens is 1. The van der Waals surface area contributed by atoms with Gasteiger partial charge in [0.05, 0.1) is 17.3 Å². The van der Waals surface area contributed by atoms with E-state index in [-0.39, 0.29) is 5.91 Å². The van der Waals surface area contributed by atoms with Crippen molar-refractivity contribution in [1.82, 2.24) is 4.57 Å². The highest BCUT2D eigenvalue weighted by molar-refractivity contribution is 7.16. The van der Waals surface area contributed by atoms with Gasteiger partial charge < -0.3 is 9.30 Å². The number of hydrogen-bond acceptors (Lipinski definition) is 3. The Balaban J connectivity index is 2.48. The molecule has 4 nitrogen and oxygen atoms in total. The molecule has 2 rings (SSSR count). The number of fused-ring (bicyclic) bond motifs is 1. The second-order valence-corrected chi connectivity index (χ2v) is 5.99. The Hall–Kier alpha value is -1.62. The van der Waals surface area contributed by atoms with Crippen molar-refractivity contribution in [1.29, 1.82) is 0 Å². The molecule has 0 aliphatic rings. The Morgan fingerprint density at radius 1 is 1.33 bits per heavy atom. The van der Waals surface area contributed by atoms with Crippen LogP contribution in [0.3, 0.4) is 0 Å². The zero-order valence-corrected chi connectivity index (χ0v) is 13.7. The number of rotatable bonds is 6. The van der Waals surface area contributed by atoms with Crippen molar-refractivity contribution < 1.29 is 9.53 Å². The van der Waals surface area contributed by atoms with E-state index in [1.54, 1.807) is 18.4 Å². The first kappa shape index (κ1) is 15.8. The maximum Gasteiger partial charge on any atom is 0.248 e. The molecule has 1 aromatic heterocycles. The molecular formula is C16H22N2O2S. The van der Waals surface area contributed by atoms with Crippen LogP contribution in [0.25, 0.3) is 10.2 Å². The Morgan fingerprint density at radius 3 is 2.81 bits per heavy atom. The molecule has 1 aromatic carbocycles. The average Bonchev–Trinajstić information content (AvgIpc) is 2.82. The molecule has 1 amide bonds. The third-order valence-electron chi connectivity index (χ3n) is 3.30. The van der Waals surface area contributed by atoms with Crippen molar-refractivity contribution in [2.45, 2.75) is 46.1 Å². The van der Waals surface area contributed by atoms with Crippen molar-refractivity contribution in [2.75, 3.05) is 7.11 Å². The zero-order chi connectivity index (χ0) is 15.2. The largest absolute Gasteiger partial charge is 0.497 e. The maximum atomic E-state index is 11.9. The van der Waals surface area contributed by atoms with Gasteiger partial charge in [-0.25, -0.2) is 0 Å². The summed E-state index contributed by atoms with van der Waals surface area (Å²) in [7, 11) is 1.66. The molecule has 0 atom stereocenters. The standard InChI is InChI=1S/C16H22N2O2S/c1-4-6-7-15(19)17-16-18(10-5-2)13-9-8-12(20-3)11-14(13)21-16/h8-9,11H,4-7,10H2,1-3H3. The second kappa shape index (κ2) is 7.41. The summed E-state index contributed by atoms with van der Waals surface area (Å²) in [5.41, 5.74) is 1.12. The van der Waals surface area contributed by atoms with Crippen molar-refractivity contribution in [3.8, 4) is 5.75 Å². The van der Waals surface area contributed by atoms with Crippen LogP contribution < -0.4 is 9.54 Å². The van der Waals surface area contributed by atoms with Crippen LogP contribution in [0.2, 0.25) is 0 Å². The molecule has 0 unspecified atom stereocenters. The number of thiazole rings is 1. The van der Waals surface area contributed by atoms with Gasteiger partial charge >= 0.3 is 0 Å². The lowest BCUT2D eigenvalue weighted by atomic mass is 10.2. The van der Waals surface area contributed by atoms with Crippen LogP contribution >= 0.6 is 11.3 Å². The number of carbonyl (C=O) groups is 1. The SMILES string of the molecule is CCCCC(=O)N=c1sc2cc(OC)ccc2n1CCC. The number of unbranched alkanes of at least 4 members (excludes halogenated alkanes) is 1. The fourth-order valence-corrected chi connectivity index (χ4v) is 3.30. The molecule has 0 spiro atoms. The summed E-state index contributed by atoms with van der Waals surface area (Å²) in [4.78, 5) is 17.0. The van der Waals surface area contributed by atoms with Crippen molar-refractivity contribution in [3.63, 3.8) is 0 Å². The number of methoxy groups -OCH3 is 1. The lowest BCUT2D eigenvalue weighted by Crippen LogP contribution is -2.16. The monoisotopic (exact) mass is 306 g/mol. The van der Waals surface area contributed by atoms with Crippen LogP contribution in [0, 0.1) is 0 Å². The number of aryl methyl sites for hydroxylation is 1. The van der Waals surface area contributed by atoms with E-state index in [1.165, 1.54) is 0 Å². The normalized spacial score (nSPS) is 12.0. The summed E-state index contributed by atoms with van der Waals surface area (Å²) < 4.78 is 8.50. The van der Waals surface area contributed by atoms with E-state index < -0.39 is 0 Å². The van der Waals surface area contributed by atoms with Crippen molar-refractivity contribution in [3.05, 3.63) is 23.0 Å². The Kier molecular flexibility index (Phi) is 5.56. The first-order valence-electron chi connectivity index (χ1n) is 7.44. The topological polar surface area (TPSA) is 43.6 Å². The third kappa shape index (κ3) is 3.73. The van der Waals surface area contributed by atoms with E-state index >= 15 is 0 Å². The molecule has 114 valence electrons. The fourth-order valence-electron chi connectivity index (χ4n) is 2.20. The minimum Gasteiger partial charge on any atom is -0.497 e. The van der Waals surface area contributed by atoms with Gasteiger partial charge in [-0.15, -0.1) is 0 Å². The number of carbonyl (C=O) groups excluding carboxylic acids is 1. The molecule has 21 heavy (non-hydrogen) atoms. The summed E-state index contributed by atoms with van der Waals surface area (Å²) in [6, 6.07) is 5.99. The van der Waals surface area contributed by atoms with Crippen LogP contribution in [0.1, 0.15) is 39.5 Å². The highest BCUT2D eigenvalue weighted by Gasteiger charge is 2.08. The predicted octanol–water partition coefficient (Wildman–Crippen LogP) is 3.74. The molecule has 0 saturated heterocycles. The van der Waals surface area contributed by atoms with Gasteiger partial charge in [-0.1, -0.05) is 31.6 Å². The quantitative estimate of drug-likeness (QED) is 0.816. The van der Waals surface area contributed by atoms with E-state index in [1.807, 2.05) is 18.2 Å². The third-order valence-corrected chi connectivity index (χ3v) is 4.34. The summed E-state index contributed by atoms with van der Waals surface area (Å²) >= 11 is 1.55. The van der Waals surface area contributed by atoms with Crippen LogP contribution in [0.4, 0.5) is 0 Å². The summed E-state index contributed by atoms with van der Waals surface area (Å²) in [6.45, 7) is 5.07. The van der Waals surface area contributed by atoms with Gasteiger partial charge in [0, 0.05) is 13.0 Å². The van der Waals surface area contributed by atoms with Gasteiger partial charge in [0.1, 0.15) is 5.75 Å². The number of amides is 1. The highest BCUT2D eigenvalue weighted by Crippen LogP contribution is 2.23. The zero-order valence-electron chi connectivity index (χ0n) is 12.9. The lowest BCUT2D eigenvalue weighted by molar-refractivity contribution is -0.118. The molecule has 0 radical (unpaired) electrons. The number of hydrogen-bond donors (Lipinski definition) is 0. The van der Waals surface area contributed by atoms with Crippen LogP contribution in [-0.4, -0.2) is 17.6 Å². The lowest BCUT2D eigenvalue weighted by Gasteiger charge is -2.03. The minimum absolute atomic E-state index is 0.0276. The van der Waals surface area contributed by atoms with Crippen LogP contribution in [-0.2, 0) is 11.3 Å². The first-order chi connectivity index (χ1) is 10.2. The van der Waals surface area contributed by atoms with E-state index in [0.29, 0.717) is 6.42 Å². The smallest absolute Gasteiger partial charge is 0.248 e.